The largest absolute Gasteiger partial charge is 0.302 e. The van der Waals surface area contributed by atoms with Crippen molar-refractivity contribution in [3.63, 3.8) is 0 Å². The van der Waals surface area contributed by atoms with Gasteiger partial charge in [0, 0.05) is 15.6 Å². The van der Waals surface area contributed by atoms with Crippen LogP contribution in [-0.2, 0) is 13.1 Å². The first-order chi connectivity index (χ1) is 12.6. The topological polar surface area (TPSA) is 46.3 Å². The second-order valence-corrected chi connectivity index (χ2v) is 7.24. The Hall–Kier alpha value is -2.38. The molecule has 26 heavy (non-hydrogen) atoms. The predicted octanol–water partition coefficient (Wildman–Crippen LogP) is 3.58. The molecule has 4 rings (SSSR count). The lowest BCUT2D eigenvalue weighted by Crippen LogP contribution is -2.17. The number of benzene rings is 2. The van der Waals surface area contributed by atoms with Crippen molar-refractivity contribution in [1.29, 1.82) is 0 Å². The van der Waals surface area contributed by atoms with Gasteiger partial charge in [-0.1, -0.05) is 24.3 Å². The summed E-state index contributed by atoms with van der Waals surface area (Å²) >= 11 is 3.65. The maximum Gasteiger partial charge on any atom is 0.159 e. The van der Waals surface area contributed by atoms with Gasteiger partial charge in [0.25, 0.3) is 0 Å². The van der Waals surface area contributed by atoms with Crippen LogP contribution in [0.2, 0.25) is 0 Å². The first-order valence-corrected chi connectivity index (χ1v) is 9.02. The summed E-state index contributed by atoms with van der Waals surface area (Å²) < 4.78 is 17.4. The van der Waals surface area contributed by atoms with Crippen molar-refractivity contribution in [3.8, 4) is 5.69 Å². The summed E-state index contributed by atoms with van der Waals surface area (Å²) in [5.74, 6) is 1.27. The zero-order valence-electron chi connectivity index (χ0n) is 14.4. The van der Waals surface area contributed by atoms with E-state index in [-0.39, 0.29) is 5.82 Å². The molecule has 3 aromatic rings. The normalized spacial score (nSPS) is 13.2. The number of nitrogens with zero attached hydrogens (tertiary/aromatic N) is 5. The maximum atomic E-state index is 14.5. The molecule has 0 bridgehead atoms. The van der Waals surface area contributed by atoms with Crippen LogP contribution in [0.25, 0.3) is 5.69 Å². The summed E-state index contributed by atoms with van der Waals surface area (Å²) in [6.45, 7) is 0.980. The minimum atomic E-state index is -0.289. The SMILES string of the molecule is CN(C)Cc1nnc2n1-c1c(Br)cccc1C(c1ccccc1F)=NC2. The van der Waals surface area contributed by atoms with E-state index in [9.17, 15) is 4.39 Å². The molecule has 1 aromatic heterocycles. The molecule has 0 fully saturated rings. The van der Waals surface area contributed by atoms with Gasteiger partial charge in [-0.15, -0.1) is 10.2 Å². The van der Waals surface area contributed by atoms with Crippen molar-refractivity contribution in [2.75, 3.05) is 14.1 Å². The van der Waals surface area contributed by atoms with Gasteiger partial charge in [-0.2, -0.15) is 0 Å². The summed E-state index contributed by atoms with van der Waals surface area (Å²) in [6.07, 6.45) is 0. The van der Waals surface area contributed by atoms with Crippen LogP contribution in [0, 0.1) is 5.82 Å². The van der Waals surface area contributed by atoms with Gasteiger partial charge in [-0.05, 0) is 48.2 Å². The van der Waals surface area contributed by atoms with Crippen molar-refractivity contribution in [1.82, 2.24) is 19.7 Å². The van der Waals surface area contributed by atoms with E-state index in [2.05, 4.69) is 31.1 Å². The molecule has 0 amide bonds. The first kappa shape index (κ1) is 17.1. The second kappa shape index (κ2) is 6.74. The summed E-state index contributed by atoms with van der Waals surface area (Å²) in [5, 5.41) is 8.67. The average Bonchev–Trinajstić information content (AvgIpc) is 2.90. The average molecular weight is 414 g/mol. The van der Waals surface area contributed by atoms with Crippen LogP contribution < -0.4 is 0 Å². The Kier molecular flexibility index (Phi) is 4.42. The van der Waals surface area contributed by atoms with E-state index in [0.29, 0.717) is 24.4 Å². The smallest absolute Gasteiger partial charge is 0.159 e. The van der Waals surface area contributed by atoms with Crippen LogP contribution in [0.15, 0.2) is 51.9 Å². The molecule has 0 aliphatic carbocycles. The number of fused-ring (bicyclic) bond motifs is 3. The van der Waals surface area contributed by atoms with E-state index in [1.54, 1.807) is 12.1 Å². The molecule has 0 saturated carbocycles. The highest BCUT2D eigenvalue weighted by molar-refractivity contribution is 9.10. The molecule has 5 nitrogen and oxygen atoms in total. The minimum absolute atomic E-state index is 0.289. The zero-order valence-corrected chi connectivity index (χ0v) is 16.0. The van der Waals surface area contributed by atoms with Crippen LogP contribution in [0.4, 0.5) is 4.39 Å². The second-order valence-electron chi connectivity index (χ2n) is 6.39. The third kappa shape index (κ3) is 2.87. The molecular weight excluding hydrogens is 397 g/mol. The molecule has 2 heterocycles. The monoisotopic (exact) mass is 413 g/mol. The fraction of sp³-hybridized carbons (Fsp3) is 0.211. The minimum Gasteiger partial charge on any atom is -0.302 e. The van der Waals surface area contributed by atoms with Crippen LogP contribution in [-0.4, -0.2) is 39.5 Å². The molecular formula is C19H17BrFN5. The van der Waals surface area contributed by atoms with Gasteiger partial charge < -0.3 is 4.90 Å². The van der Waals surface area contributed by atoms with Crippen molar-refractivity contribution >= 4 is 21.6 Å². The summed E-state index contributed by atoms with van der Waals surface area (Å²) in [7, 11) is 3.97. The Morgan fingerprint density at radius 1 is 1.08 bits per heavy atom. The number of para-hydroxylation sites is 1. The number of hydrogen-bond acceptors (Lipinski definition) is 4. The van der Waals surface area contributed by atoms with Crippen LogP contribution in [0.1, 0.15) is 22.8 Å². The van der Waals surface area contributed by atoms with Gasteiger partial charge in [0.05, 0.1) is 17.9 Å². The Morgan fingerprint density at radius 2 is 1.85 bits per heavy atom. The van der Waals surface area contributed by atoms with E-state index < -0.39 is 0 Å². The lowest BCUT2D eigenvalue weighted by molar-refractivity contribution is 0.387. The number of hydrogen-bond donors (Lipinski definition) is 0. The molecule has 0 saturated heterocycles. The van der Waals surface area contributed by atoms with E-state index in [0.717, 1.165) is 27.4 Å². The molecule has 0 radical (unpaired) electrons. The van der Waals surface area contributed by atoms with Crippen molar-refractivity contribution in [3.05, 3.63) is 75.5 Å². The molecule has 0 unspecified atom stereocenters. The molecule has 1 aliphatic rings. The quantitative estimate of drug-likeness (QED) is 0.658. The number of halogens is 2. The molecule has 1 aliphatic heterocycles. The maximum absolute atomic E-state index is 14.5. The van der Waals surface area contributed by atoms with E-state index in [1.807, 2.05) is 47.8 Å². The lowest BCUT2D eigenvalue weighted by Gasteiger charge is -2.17. The Balaban J connectivity index is 1.97. The number of aliphatic imine (C=N–C) groups is 1. The van der Waals surface area contributed by atoms with E-state index >= 15 is 0 Å². The third-order valence-corrected chi connectivity index (χ3v) is 4.87. The molecule has 0 N–H and O–H groups in total. The molecule has 0 spiro atoms. The third-order valence-electron chi connectivity index (χ3n) is 4.23. The van der Waals surface area contributed by atoms with E-state index in [1.165, 1.54) is 6.07 Å². The lowest BCUT2D eigenvalue weighted by atomic mass is 10.00. The van der Waals surface area contributed by atoms with Gasteiger partial charge in [-0.25, -0.2) is 4.39 Å². The molecule has 7 heteroatoms. The van der Waals surface area contributed by atoms with Crippen LogP contribution >= 0.6 is 15.9 Å². The predicted molar refractivity (Wildman–Crippen MR) is 102 cm³/mol. The van der Waals surface area contributed by atoms with Crippen molar-refractivity contribution < 1.29 is 4.39 Å². The summed E-state index contributed by atoms with van der Waals surface area (Å²) in [5.41, 5.74) is 2.85. The summed E-state index contributed by atoms with van der Waals surface area (Å²) in [6, 6.07) is 12.6. The standard InChI is InChI=1S/C19H17BrFN5/c1-25(2)11-17-24-23-16-10-22-18(12-6-3-4-9-15(12)21)13-7-5-8-14(20)19(13)26(16)17/h3-9H,10-11H2,1-2H3. The summed E-state index contributed by atoms with van der Waals surface area (Å²) in [4.78, 5) is 6.73. The number of aromatic nitrogens is 3. The highest BCUT2D eigenvalue weighted by atomic mass is 79.9. The van der Waals surface area contributed by atoms with E-state index in [4.69, 9.17) is 0 Å². The Labute approximate surface area is 159 Å². The van der Waals surface area contributed by atoms with Crippen molar-refractivity contribution in [2.45, 2.75) is 13.1 Å². The highest BCUT2D eigenvalue weighted by Gasteiger charge is 2.25. The number of rotatable bonds is 3. The van der Waals surface area contributed by atoms with Gasteiger partial charge in [0.1, 0.15) is 12.4 Å². The Bertz CT molecular complexity index is 1010. The van der Waals surface area contributed by atoms with Gasteiger partial charge in [0.15, 0.2) is 11.6 Å². The fourth-order valence-electron chi connectivity index (χ4n) is 3.15. The van der Waals surface area contributed by atoms with Crippen LogP contribution in [0.3, 0.4) is 0 Å². The van der Waals surface area contributed by atoms with Gasteiger partial charge in [-0.3, -0.25) is 9.56 Å². The van der Waals surface area contributed by atoms with Gasteiger partial charge >= 0.3 is 0 Å². The molecule has 132 valence electrons. The van der Waals surface area contributed by atoms with Crippen LogP contribution in [0.5, 0.6) is 0 Å². The fourth-order valence-corrected chi connectivity index (χ4v) is 3.70. The zero-order chi connectivity index (χ0) is 18.3. The first-order valence-electron chi connectivity index (χ1n) is 8.22. The molecule has 2 aromatic carbocycles. The van der Waals surface area contributed by atoms with Crippen molar-refractivity contribution in [2.24, 2.45) is 4.99 Å². The molecule has 0 atom stereocenters. The highest BCUT2D eigenvalue weighted by Crippen LogP contribution is 2.32. The van der Waals surface area contributed by atoms with Gasteiger partial charge in [0.2, 0.25) is 0 Å². The Morgan fingerprint density at radius 3 is 2.62 bits per heavy atom.